The third-order valence-corrected chi connectivity index (χ3v) is 4.72. The molecule has 2 aromatic heterocycles. The average Bonchev–Trinajstić information content (AvgIpc) is 3.37. The molecule has 0 aliphatic carbocycles. The highest BCUT2D eigenvalue weighted by Crippen LogP contribution is 2.21. The van der Waals surface area contributed by atoms with Gasteiger partial charge in [0.2, 0.25) is 0 Å². The van der Waals surface area contributed by atoms with E-state index in [1.807, 2.05) is 32.8 Å². The van der Waals surface area contributed by atoms with Gasteiger partial charge in [0, 0.05) is 30.8 Å². The lowest BCUT2D eigenvalue weighted by Crippen LogP contribution is -2.29. The smallest absolute Gasteiger partial charge is 0.352 e. The number of aromatic nitrogens is 2. The van der Waals surface area contributed by atoms with Crippen LogP contribution in [0.25, 0.3) is 0 Å². The molecular formula is C21H32N6O7. The predicted molar refractivity (Wildman–Crippen MR) is 125 cm³/mol. The number of amides is 1. The van der Waals surface area contributed by atoms with Crippen LogP contribution in [0.4, 0.5) is 11.4 Å². The van der Waals surface area contributed by atoms with Crippen molar-refractivity contribution in [2.24, 2.45) is 0 Å². The molecule has 0 bridgehead atoms. The second-order valence-corrected chi connectivity index (χ2v) is 8.40. The summed E-state index contributed by atoms with van der Waals surface area (Å²) in [5.74, 6) is -1.43. The first-order valence-electron chi connectivity index (χ1n) is 10.6. The SMILES string of the molecule is CC(C)n1cc([N+](=O)[O-])cc1C(=O)NCCCN(C)C.CC(C)n1cc([N+](=O)[O-])cc1C(=O)O. The molecule has 0 saturated carbocycles. The van der Waals surface area contributed by atoms with Crippen molar-refractivity contribution in [2.75, 3.05) is 27.2 Å². The van der Waals surface area contributed by atoms with Gasteiger partial charge in [-0.05, 0) is 54.8 Å². The lowest BCUT2D eigenvalue weighted by atomic mass is 10.3. The number of hydrogen-bond donors (Lipinski definition) is 2. The third kappa shape index (κ3) is 7.99. The highest BCUT2D eigenvalue weighted by Gasteiger charge is 2.21. The number of carbonyl (C=O) groups excluding carboxylic acids is 1. The molecule has 2 rings (SSSR count). The van der Waals surface area contributed by atoms with E-state index in [4.69, 9.17) is 5.11 Å². The minimum absolute atomic E-state index is 0.00812. The van der Waals surface area contributed by atoms with E-state index >= 15 is 0 Å². The van der Waals surface area contributed by atoms with Crippen molar-refractivity contribution in [1.29, 1.82) is 0 Å². The van der Waals surface area contributed by atoms with E-state index in [1.165, 1.54) is 23.0 Å². The fourth-order valence-corrected chi connectivity index (χ4v) is 3.02. The fourth-order valence-electron chi connectivity index (χ4n) is 3.02. The Hall–Kier alpha value is -3.74. The van der Waals surface area contributed by atoms with Crippen LogP contribution < -0.4 is 5.32 Å². The largest absolute Gasteiger partial charge is 0.477 e. The molecule has 0 aliphatic rings. The molecule has 13 nitrogen and oxygen atoms in total. The Balaban J connectivity index is 0.000000362. The van der Waals surface area contributed by atoms with Crippen molar-refractivity contribution in [3.63, 3.8) is 0 Å². The molecule has 0 radical (unpaired) electrons. The minimum Gasteiger partial charge on any atom is -0.477 e. The number of nitro groups is 2. The van der Waals surface area contributed by atoms with Crippen LogP contribution in [0.1, 0.15) is 67.2 Å². The van der Waals surface area contributed by atoms with Crippen molar-refractivity contribution in [3.8, 4) is 0 Å². The van der Waals surface area contributed by atoms with Crippen molar-refractivity contribution >= 4 is 23.3 Å². The Kier molecular flexibility index (Phi) is 10.4. The zero-order valence-electron chi connectivity index (χ0n) is 20.2. The van der Waals surface area contributed by atoms with Gasteiger partial charge in [-0.3, -0.25) is 25.0 Å². The number of aromatic carboxylic acids is 1. The zero-order chi connectivity index (χ0) is 26.2. The quantitative estimate of drug-likeness (QED) is 0.297. The molecule has 0 fully saturated rings. The monoisotopic (exact) mass is 480 g/mol. The van der Waals surface area contributed by atoms with Crippen molar-refractivity contribution < 1.29 is 24.5 Å². The van der Waals surface area contributed by atoms with Crippen LogP contribution in [0, 0.1) is 20.2 Å². The van der Waals surface area contributed by atoms with Crippen LogP contribution in [0.3, 0.4) is 0 Å². The van der Waals surface area contributed by atoms with Gasteiger partial charge in [-0.1, -0.05) is 0 Å². The van der Waals surface area contributed by atoms with Crippen LogP contribution in [0.15, 0.2) is 24.5 Å². The molecular weight excluding hydrogens is 448 g/mol. The predicted octanol–water partition coefficient (Wildman–Crippen LogP) is 3.33. The Morgan fingerprint density at radius 3 is 1.76 bits per heavy atom. The van der Waals surface area contributed by atoms with E-state index < -0.39 is 15.8 Å². The van der Waals surface area contributed by atoms with Crippen LogP contribution in [-0.2, 0) is 0 Å². The van der Waals surface area contributed by atoms with Gasteiger partial charge in [0.25, 0.3) is 17.3 Å². The summed E-state index contributed by atoms with van der Waals surface area (Å²) in [5, 5.41) is 32.8. The third-order valence-electron chi connectivity index (χ3n) is 4.72. The maximum absolute atomic E-state index is 12.1. The summed E-state index contributed by atoms with van der Waals surface area (Å²) in [4.78, 5) is 45.0. The summed E-state index contributed by atoms with van der Waals surface area (Å²) < 4.78 is 2.99. The first kappa shape index (κ1) is 28.3. The van der Waals surface area contributed by atoms with Crippen LogP contribution in [0.2, 0.25) is 0 Å². The van der Waals surface area contributed by atoms with Crippen molar-refractivity contribution in [2.45, 2.75) is 46.2 Å². The summed E-state index contributed by atoms with van der Waals surface area (Å²) in [5.41, 5.74) is 0.0106. The molecule has 188 valence electrons. The highest BCUT2D eigenvalue weighted by molar-refractivity contribution is 5.93. The molecule has 0 spiro atoms. The summed E-state index contributed by atoms with van der Waals surface area (Å²) in [7, 11) is 3.93. The van der Waals surface area contributed by atoms with Crippen LogP contribution >= 0.6 is 0 Å². The van der Waals surface area contributed by atoms with Crippen molar-refractivity contribution in [1.82, 2.24) is 19.4 Å². The highest BCUT2D eigenvalue weighted by atomic mass is 16.6. The Morgan fingerprint density at radius 1 is 0.971 bits per heavy atom. The summed E-state index contributed by atoms with van der Waals surface area (Å²) in [6, 6.07) is 2.25. The number of rotatable bonds is 10. The Labute approximate surface area is 197 Å². The van der Waals surface area contributed by atoms with Crippen molar-refractivity contribution in [3.05, 3.63) is 56.1 Å². The number of nitrogens with zero attached hydrogens (tertiary/aromatic N) is 5. The lowest BCUT2D eigenvalue weighted by molar-refractivity contribution is -0.385. The number of carbonyl (C=O) groups is 2. The summed E-state index contributed by atoms with van der Waals surface area (Å²) >= 11 is 0. The second kappa shape index (κ2) is 12.5. The molecule has 34 heavy (non-hydrogen) atoms. The van der Waals surface area contributed by atoms with E-state index in [2.05, 4.69) is 5.32 Å². The van der Waals surface area contributed by atoms with Crippen LogP contribution in [-0.4, -0.2) is 68.0 Å². The van der Waals surface area contributed by atoms with Gasteiger partial charge in [0.1, 0.15) is 11.4 Å². The average molecular weight is 481 g/mol. The molecule has 0 unspecified atom stereocenters. The topological polar surface area (TPSA) is 166 Å². The van der Waals surface area contributed by atoms with Gasteiger partial charge in [0.05, 0.1) is 22.2 Å². The fraction of sp³-hybridized carbons (Fsp3) is 0.524. The molecule has 0 saturated heterocycles. The maximum atomic E-state index is 12.1. The van der Waals surface area contributed by atoms with Gasteiger partial charge in [-0.2, -0.15) is 0 Å². The second-order valence-electron chi connectivity index (χ2n) is 8.40. The van der Waals surface area contributed by atoms with Crippen LogP contribution in [0.5, 0.6) is 0 Å². The van der Waals surface area contributed by atoms with E-state index in [1.54, 1.807) is 18.4 Å². The number of hydrogen-bond acceptors (Lipinski definition) is 7. The molecule has 2 N–H and O–H groups in total. The molecule has 1 amide bonds. The van der Waals surface area contributed by atoms with E-state index in [9.17, 15) is 29.8 Å². The standard InChI is InChI=1S/C13H22N4O3.C8H10N2O4/c1-10(2)16-9-11(17(19)20)8-12(16)13(18)14-6-5-7-15(3)4;1-5(2)9-4-6(10(13)14)3-7(9)8(11)12/h8-10H,5-7H2,1-4H3,(H,14,18);3-5H,1-2H3,(H,11,12). The molecule has 13 heteroatoms. The first-order chi connectivity index (χ1) is 15.8. The van der Waals surface area contributed by atoms with Gasteiger partial charge in [0.15, 0.2) is 0 Å². The number of carboxylic acids is 1. The van der Waals surface area contributed by atoms with Gasteiger partial charge in [-0.25, -0.2) is 4.79 Å². The van der Waals surface area contributed by atoms with Gasteiger partial charge >= 0.3 is 5.97 Å². The molecule has 0 aliphatic heterocycles. The van der Waals surface area contributed by atoms with E-state index in [0.717, 1.165) is 19.0 Å². The Morgan fingerprint density at radius 2 is 1.41 bits per heavy atom. The maximum Gasteiger partial charge on any atom is 0.352 e. The first-order valence-corrected chi connectivity index (χ1v) is 10.6. The number of carboxylic acid groups (broad SMARTS) is 1. The summed E-state index contributed by atoms with van der Waals surface area (Å²) in [6.45, 7) is 8.71. The normalized spacial score (nSPS) is 10.9. The van der Waals surface area contributed by atoms with Gasteiger partial charge in [-0.15, -0.1) is 0 Å². The molecule has 0 atom stereocenters. The summed E-state index contributed by atoms with van der Waals surface area (Å²) in [6.07, 6.45) is 3.47. The van der Waals surface area contributed by atoms with Gasteiger partial charge < -0.3 is 24.5 Å². The molecule has 0 aromatic carbocycles. The zero-order valence-corrected chi connectivity index (χ0v) is 20.2. The minimum atomic E-state index is -1.16. The molecule has 2 heterocycles. The van der Waals surface area contributed by atoms with E-state index in [0.29, 0.717) is 12.2 Å². The molecule has 2 aromatic rings. The number of nitrogens with one attached hydrogen (secondary N) is 1. The van der Waals surface area contributed by atoms with E-state index in [-0.39, 0.29) is 35.1 Å². The lowest BCUT2D eigenvalue weighted by Gasteiger charge is -2.13. The Bertz CT molecular complexity index is 1020.